The topological polar surface area (TPSA) is 90.4 Å². The molecule has 1 unspecified atom stereocenters. The highest BCUT2D eigenvalue weighted by molar-refractivity contribution is 6.10. The Kier molecular flexibility index (Phi) is 5.81. The van der Waals surface area contributed by atoms with E-state index in [0.29, 0.717) is 41.0 Å². The Morgan fingerprint density at radius 2 is 2.07 bits per heavy atom. The number of benzene rings is 2. The number of fused-ring (bicyclic) bond motifs is 1. The van der Waals surface area contributed by atoms with Crippen LogP contribution < -0.4 is 24.8 Å². The van der Waals surface area contributed by atoms with Crippen molar-refractivity contribution in [2.75, 3.05) is 32.4 Å². The fraction of sp³-hybridized carbons (Fsp3) is 0.333. The molecule has 152 valence electrons. The summed E-state index contributed by atoms with van der Waals surface area (Å²) < 4.78 is 21.7. The highest BCUT2D eigenvalue weighted by Gasteiger charge is 2.19. The van der Waals surface area contributed by atoms with Crippen molar-refractivity contribution in [3.8, 4) is 17.2 Å². The molecule has 0 spiro atoms. The summed E-state index contributed by atoms with van der Waals surface area (Å²) in [7, 11) is 1.59. The lowest BCUT2D eigenvalue weighted by molar-refractivity contribution is 0.0975. The monoisotopic (exact) mass is 397 g/mol. The summed E-state index contributed by atoms with van der Waals surface area (Å²) in [5.74, 6) is 1.84. The molecular formula is C21H23N3O5. The number of para-hydroxylation sites is 2. The molecule has 2 aromatic rings. The van der Waals surface area contributed by atoms with Crippen LogP contribution in [0.4, 0.5) is 5.69 Å². The van der Waals surface area contributed by atoms with E-state index < -0.39 is 0 Å². The van der Waals surface area contributed by atoms with Crippen molar-refractivity contribution in [1.82, 2.24) is 5.32 Å². The zero-order valence-corrected chi connectivity index (χ0v) is 16.1. The predicted molar refractivity (Wildman–Crippen MR) is 108 cm³/mol. The molecule has 0 bridgehead atoms. The van der Waals surface area contributed by atoms with Gasteiger partial charge in [-0.1, -0.05) is 12.1 Å². The van der Waals surface area contributed by atoms with Gasteiger partial charge in [-0.25, -0.2) is 4.99 Å². The van der Waals surface area contributed by atoms with Gasteiger partial charge in [0.1, 0.15) is 5.75 Å². The molecule has 2 aliphatic heterocycles. The van der Waals surface area contributed by atoms with Gasteiger partial charge in [0.25, 0.3) is 5.91 Å². The van der Waals surface area contributed by atoms with Crippen molar-refractivity contribution in [2.24, 2.45) is 4.99 Å². The number of amides is 1. The number of rotatable bonds is 5. The van der Waals surface area contributed by atoms with E-state index in [9.17, 15) is 4.79 Å². The van der Waals surface area contributed by atoms with E-state index in [1.807, 2.05) is 24.3 Å². The van der Waals surface area contributed by atoms with E-state index in [4.69, 9.17) is 18.9 Å². The number of ether oxygens (including phenoxy) is 4. The van der Waals surface area contributed by atoms with Crippen LogP contribution in [0.15, 0.2) is 47.5 Å². The summed E-state index contributed by atoms with van der Waals surface area (Å²) in [4.78, 5) is 17.4. The molecule has 2 aliphatic rings. The number of anilines is 1. The average Bonchev–Trinajstić information content (AvgIpc) is 3.43. The Bertz CT molecular complexity index is 909. The summed E-state index contributed by atoms with van der Waals surface area (Å²) >= 11 is 0. The van der Waals surface area contributed by atoms with Crippen LogP contribution in [0, 0.1) is 0 Å². The third-order valence-electron chi connectivity index (χ3n) is 4.70. The smallest absolute Gasteiger partial charge is 0.258 e. The average molecular weight is 397 g/mol. The van der Waals surface area contributed by atoms with Crippen LogP contribution in [-0.4, -0.2) is 45.0 Å². The van der Waals surface area contributed by atoms with Gasteiger partial charge in [-0.15, -0.1) is 0 Å². The molecule has 1 atom stereocenters. The van der Waals surface area contributed by atoms with Gasteiger partial charge in [-0.05, 0) is 43.2 Å². The highest BCUT2D eigenvalue weighted by Crippen LogP contribution is 2.32. The maximum atomic E-state index is 12.8. The van der Waals surface area contributed by atoms with E-state index in [1.54, 1.807) is 25.3 Å². The van der Waals surface area contributed by atoms with Crippen molar-refractivity contribution in [1.29, 1.82) is 0 Å². The lowest BCUT2D eigenvalue weighted by atomic mass is 10.2. The molecule has 8 nitrogen and oxygen atoms in total. The lowest BCUT2D eigenvalue weighted by Gasteiger charge is -2.15. The molecule has 1 saturated heterocycles. The number of methoxy groups -OCH3 is 1. The van der Waals surface area contributed by atoms with E-state index in [2.05, 4.69) is 15.6 Å². The second-order valence-corrected chi connectivity index (χ2v) is 6.67. The van der Waals surface area contributed by atoms with Crippen molar-refractivity contribution in [3.05, 3.63) is 48.0 Å². The summed E-state index contributed by atoms with van der Waals surface area (Å²) in [6, 6.07) is 12.5. The molecule has 0 aliphatic carbocycles. The van der Waals surface area contributed by atoms with Crippen molar-refractivity contribution >= 4 is 17.6 Å². The minimum Gasteiger partial charge on any atom is -0.495 e. The Morgan fingerprint density at radius 1 is 1.21 bits per heavy atom. The van der Waals surface area contributed by atoms with E-state index in [1.165, 1.54) is 0 Å². The number of hydrogen-bond acceptors (Lipinski definition) is 6. The third-order valence-corrected chi connectivity index (χ3v) is 4.70. The zero-order valence-electron chi connectivity index (χ0n) is 16.1. The van der Waals surface area contributed by atoms with Gasteiger partial charge in [-0.3, -0.25) is 10.1 Å². The Labute approximate surface area is 168 Å². The maximum absolute atomic E-state index is 12.8. The first-order valence-corrected chi connectivity index (χ1v) is 9.50. The Hall–Kier alpha value is -3.26. The van der Waals surface area contributed by atoms with Gasteiger partial charge in [0.15, 0.2) is 11.5 Å². The molecule has 0 radical (unpaired) electrons. The SMILES string of the molecule is COc1ccccc1NC(=NCC1CCCO1)NC(=O)c1ccc2c(c1)OCO2. The van der Waals surface area contributed by atoms with Gasteiger partial charge in [0.05, 0.1) is 25.4 Å². The van der Waals surface area contributed by atoms with Crippen LogP contribution in [-0.2, 0) is 4.74 Å². The number of hydrogen-bond donors (Lipinski definition) is 2. The number of carbonyl (C=O) groups is 1. The fourth-order valence-electron chi connectivity index (χ4n) is 3.18. The number of nitrogens with one attached hydrogen (secondary N) is 2. The second kappa shape index (κ2) is 8.83. The minimum absolute atomic E-state index is 0.0620. The first kappa shape index (κ1) is 19.1. The quantitative estimate of drug-likeness (QED) is 0.596. The predicted octanol–water partition coefficient (Wildman–Crippen LogP) is 2.80. The van der Waals surface area contributed by atoms with Gasteiger partial charge in [0, 0.05) is 12.2 Å². The second-order valence-electron chi connectivity index (χ2n) is 6.67. The molecule has 8 heteroatoms. The number of aliphatic imine (C=N–C) groups is 1. The fourth-order valence-corrected chi connectivity index (χ4v) is 3.18. The maximum Gasteiger partial charge on any atom is 0.258 e. The van der Waals surface area contributed by atoms with Crippen LogP contribution in [0.1, 0.15) is 23.2 Å². The van der Waals surface area contributed by atoms with Gasteiger partial charge < -0.3 is 24.3 Å². The standard InChI is InChI=1S/C21H23N3O5/c1-26-17-7-3-2-6-16(17)23-21(22-12-15-5-4-10-27-15)24-20(25)14-8-9-18-19(11-14)29-13-28-18/h2-3,6-9,11,15H,4-5,10,12-13H2,1H3,(H2,22,23,24,25). The van der Waals surface area contributed by atoms with Crippen molar-refractivity contribution in [3.63, 3.8) is 0 Å². The minimum atomic E-state index is -0.309. The molecule has 4 rings (SSSR count). The zero-order chi connectivity index (χ0) is 20.1. The summed E-state index contributed by atoms with van der Waals surface area (Å²) in [5.41, 5.74) is 1.15. The largest absolute Gasteiger partial charge is 0.495 e. The van der Waals surface area contributed by atoms with Gasteiger partial charge in [0.2, 0.25) is 12.8 Å². The molecule has 0 aromatic heterocycles. The summed E-state index contributed by atoms with van der Waals surface area (Å²) in [6.07, 6.45) is 2.05. The van der Waals surface area contributed by atoms with Crippen molar-refractivity contribution < 1.29 is 23.7 Å². The van der Waals surface area contributed by atoms with Crippen molar-refractivity contribution in [2.45, 2.75) is 18.9 Å². The van der Waals surface area contributed by atoms with Crippen LogP contribution in [0.3, 0.4) is 0 Å². The molecule has 0 saturated carbocycles. The normalized spacial score (nSPS) is 17.8. The number of guanidine groups is 1. The van der Waals surface area contributed by atoms with E-state index in [-0.39, 0.29) is 18.8 Å². The van der Waals surface area contributed by atoms with E-state index >= 15 is 0 Å². The number of carbonyl (C=O) groups excluding carboxylic acids is 1. The number of nitrogens with zero attached hydrogens (tertiary/aromatic N) is 1. The van der Waals surface area contributed by atoms with Gasteiger partial charge >= 0.3 is 0 Å². The molecule has 2 N–H and O–H groups in total. The Balaban J connectivity index is 1.52. The first-order valence-electron chi connectivity index (χ1n) is 9.50. The van der Waals surface area contributed by atoms with Crippen LogP contribution in [0.25, 0.3) is 0 Å². The molecule has 2 aromatic carbocycles. The van der Waals surface area contributed by atoms with Crippen LogP contribution in [0.2, 0.25) is 0 Å². The molecule has 2 heterocycles. The summed E-state index contributed by atoms with van der Waals surface area (Å²) in [5, 5.41) is 6.00. The molecule has 1 fully saturated rings. The molecule has 29 heavy (non-hydrogen) atoms. The molecule has 1 amide bonds. The lowest BCUT2D eigenvalue weighted by Crippen LogP contribution is -2.36. The van der Waals surface area contributed by atoms with Crippen LogP contribution >= 0.6 is 0 Å². The van der Waals surface area contributed by atoms with Crippen LogP contribution in [0.5, 0.6) is 17.2 Å². The molecular weight excluding hydrogens is 374 g/mol. The first-order chi connectivity index (χ1) is 14.2. The Morgan fingerprint density at radius 3 is 2.90 bits per heavy atom. The highest BCUT2D eigenvalue weighted by atomic mass is 16.7. The summed E-state index contributed by atoms with van der Waals surface area (Å²) in [6.45, 7) is 1.36. The van der Waals surface area contributed by atoms with Gasteiger partial charge in [-0.2, -0.15) is 0 Å². The third kappa shape index (κ3) is 4.60. The van der Waals surface area contributed by atoms with E-state index in [0.717, 1.165) is 19.4 Å².